The van der Waals surface area contributed by atoms with E-state index in [1.807, 2.05) is 45.2 Å². The number of aromatic nitrogens is 2. The molecule has 0 spiro atoms. The maximum absolute atomic E-state index is 12.4. The molecule has 0 saturated heterocycles. The van der Waals surface area contributed by atoms with Crippen LogP contribution in [0.15, 0.2) is 53.7 Å². The van der Waals surface area contributed by atoms with E-state index in [0.29, 0.717) is 19.5 Å². The number of hydrogen-bond donors (Lipinski definition) is 2. The summed E-state index contributed by atoms with van der Waals surface area (Å²) in [5.74, 6) is 0. The minimum Gasteiger partial charge on any atom is -0.444 e. The van der Waals surface area contributed by atoms with Crippen molar-refractivity contribution in [1.29, 1.82) is 0 Å². The second-order valence-electron chi connectivity index (χ2n) is 8.96. The molecule has 0 bridgehead atoms. The van der Waals surface area contributed by atoms with Gasteiger partial charge in [0.1, 0.15) is 11.2 Å². The lowest BCUT2D eigenvalue weighted by Gasteiger charge is -2.29. The molecule has 0 unspecified atom stereocenters. The highest BCUT2D eigenvalue weighted by Gasteiger charge is 2.24. The highest BCUT2D eigenvalue weighted by Crippen LogP contribution is 2.32. The van der Waals surface area contributed by atoms with Gasteiger partial charge in [-0.05, 0) is 63.6 Å². The lowest BCUT2D eigenvalue weighted by atomic mass is 9.98. The molecule has 174 valence electrons. The van der Waals surface area contributed by atoms with Gasteiger partial charge in [-0.25, -0.2) is 22.9 Å². The van der Waals surface area contributed by atoms with Crippen LogP contribution < -0.4 is 4.72 Å². The van der Waals surface area contributed by atoms with Gasteiger partial charge in [-0.15, -0.1) is 0 Å². The van der Waals surface area contributed by atoms with Crippen LogP contribution >= 0.6 is 0 Å². The molecular formula is C24H28N4O4S. The van der Waals surface area contributed by atoms with E-state index in [9.17, 15) is 13.2 Å². The molecule has 1 aliphatic rings. The van der Waals surface area contributed by atoms with Gasteiger partial charge >= 0.3 is 6.09 Å². The Kier molecular flexibility index (Phi) is 6.02. The third kappa shape index (κ3) is 4.94. The van der Waals surface area contributed by atoms with Crippen molar-refractivity contribution in [2.75, 3.05) is 20.1 Å². The number of fused-ring (bicyclic) bond motifs is 1. The zero-order valence-corrected chi connectivity index (χ0v) is 20.0. The summed E-state index contributed by atoms with van der Waals surface area (Å²) in [6.45, 7) is 6.63. The number of H-pyrrole nitrogens is 1. The molecule has 2 aromatic heterocycles. The first-order chi connectivity index (χ1) is 15.6. The maximum Gasteiger partial charge on any atom is 0.410 e. The number of aromatic amines is 1. The number of nitrogens with zero attached hydrogens (tertiary/aromatic N) is 2. The second-order valence-corrected chi connectivity index (χ2v) is 10.9. The number of benzene rings is 1. The van der Waals surface area contributed by atoms with E-state index in [2.05, 4.69) is 14.7 Å². The first-order valence-corrected chi connectivity index (χ1v) is 12.2. The summed E-state index contributed by atoms with van der Waals surface area (Å²) in [5, 5.41) is 0.950. The van der Waals surface area contributed by atoms with Crippen LogP contribution in [0.25, 0.3) is 27.7 Å². The van der Waals surface area contributed by atoms with E-state index in [-0.39, 0.29) is 11.0 Å². The topological polar surface area (TPSA) is 104 Å². The Morgan fingerprint density at radius 1 is 1.21 bits per heavy atom. The summed E-state index contributed by atoms with van der Waals surface area (Å²) in [6.07, 6.45) is 6.10. The Hall–Kier alpha value is -3.17. The Morgan fingerprint density at radius 2 is 2.00 bits per heavy atom. The Balaban J connectivity index is 1.63. The number of rotatable bonds is 4. The molecule has 0 radical (unpaired) electrons. The lowest BCUT2D eigenvalue weighted by molar-refractivity contribution is 0.0270. The summed E-state index contributed by atoms with van der Waals surface area (Å²) < 4.78 is 32.2. The molecule has 33 heavy (non-hydrogen) atoms. The minimum absolute atomic E-state index is 0.203. The number of carbonyl (C=O) groups excluding carboxylic acids is 1. The highest BCUT2D eigenvalue weighted by molar-refractivity contribution is 7.89. The molecule has 1 amide bonds. The monoisotopic (exact) mass is 468 g/mol. The molecule has 3 aromatic rings. The average Bonchev–Trinajstić information content (AvgIpc) is 3.21. The number of nitrogens with one attached hydrogen (secondary N) is 2. The number of ether oxygens (including phenoxy) is 1. The van der Waals surface area contributed by atoms with Crippen molar-refractivity contribution in [3.8, 4) is 11.1 Å². The van der Waals surface area contributed by atoms with Crippen LogP contribution in [-0.2, 0) is 14.8 Å². The fourth-order valence-electron chi connectivity index (χ4n) is 3.79. The normalized spacial score (nSPS) is 14.9. The first kappa shape index (κ1) is 23.0. The number of sulfonamides is 1. The van der Waals surface area contributed by atoms with E-state index in [1.165, 1.54) is 7.05 Å². The summed E-state index contributed by atoms with van der Waals surface area (Å²) in [5.41, 5.74) is 3.98. The summed E-state index contributed by atoms with van der Waals surface area (Å²) in [4.78, 5) is 22.0. The Labute approximate surface area is 193 Å². The van der Waals surface area contributed by atoms with Gasteiger partial charge in [-0.3, -0.25) is 0 Å². The zero-order valence-electron chi connectivity index (χ0n) is 19.2. The lowest BCUT2D eigenvalue weighted by Crippen LogP contribution is -2.39. The standard InChI is InChI=1S/C24H28N4O4S/c1-24(2,3)32-23(29)28-10-8-16(9-11-28)21-15-27-22-20(21)13-18(14-26-22)17-6-5-7-19(12-17)33(30,31)25-4/h5-8,12-15,25H,9-11H2,1-4H3,(H,26,27). The first-order valence-electron chi connectivity index (χ1n) is 10.8. The molecule has 9 heteroatoms. The SMILES string of the molecule is CNS(=O)(=O)c1cccc(-c2cnc3[nH]cc(C4=CCN(C(=O)OC(C)(C)C)CC4)c3c2)c1. The number of carbonyl (C=O) groups is 1. The largest absolute Gasteiger partial charge is 0.444 e. The quantitative estimate of drug-likeness (QED) is 0.598. The third-order valence-corrected chi connectivity index (χ3v) is 6.90. The van der Waals surface area contributed by atoms with Gasteiger partial charge in [0.2, 0.25) is 10.0 Å². The van der Waals surface area contributed by atoms with Gasteiger partial charge < -0.3 is 14.6 Å². The molecule has 0 aliphatic carbocycles. The molecule has 8 nitrogen and oxygen atoms in total. The molecule has 1 aliphatic heterocycles. The Morgan fingerprint density at radius 3 is 2.67 bits per heavy atom. The fraction of sp³-hybridized carbons (Fsp3) is 0.333. The number of pyridine rings is 1. The summed E-state index contributed by atoms with van der Waals surface area (Å²) in [7, 11) is -2.15. The van der Waals surface area contributed by atoms with Crippen molar-refractivity contribution < 1.29 is 17.9 Å². The highest BCUT2D eigenvalue weighted by atomic mass is 32.2. The molecule has 4 rings (SSSR count). The molecule has 3 heterocycles. The van der Waals surface area contributed by atoms with Gasteiger partial charge in [-0.1, -0.05) is 18.2 Å². The fourth-order valence-corrected chi connectivity index (χ4v) is 4.57. The van der Waals surface area contributed by atoms with Crippen molar-refractivity contribution in [3.63, 3.8) is 0 Å². The molecular weight excluding hydrogens is 440 g/mol. The van der Waals surface area contributed by atoms with Crippen molar-refractivity contribution in [3.05, 3.63) is 54.4 Å². The van der Waals surface area contributed by atoms with E-state index < -0.39 is 15.6 Å². The molecule has 0 saturated carbocycles. The van der Waals surface area contributed by atoms with Crippen LogP contribution in [0.4, 0.5) is 4.79 Å². The van der Waals surface area contributed by atoms with Crippen LogP contribution in [0.3, 0.4) is 0 Å². The van der Waals surface area contributed by atoms with Crippen molar-refractivity contribution >= 4 is 32.7 Å². The number of amides is 1. The van der Waals surface area contributed by atoms with Gasteiger partial charge in [0.05, 0.1) is 4.90 Å². The van der Waals surface area contributed by atoms with E-state index in [0.717, 1.165) is 33.3 Å². The van der Waals surface area contributed by atoms with Crippen LogP contribution in [0, 0.1) is 0 Å². The van der Waals surface area contributed by atoms with Crippen molar-refractivity contribution in [2.24, 2.45) is 0 Å². The Bertz CT molecular complexity index is 1340. The molecule has 0 fully saturated rings. The molecule has 0 atom stereocenters. The summed E-state index contributed by atoms with van der Waals surface area (Å²) >= 11 is 0. The van der Waals surface area contributed by atoms with E-state index in [4.69, 9.17) is 4.74 Å². The van der Waals surface area contributed by atoms with Crippen LogP contribution in [0.1, 0.15) is 32.8 Å². The number of hydrogen-bond acceptors (Lipinski definition) is 5. The predicted molar refractivity (Wildman–Crippen MR) is 128 cm³/mol. The average molecular weight is 469 g/mol. The summed E-state index contributed by atoms with van der Waals surface area (Å²) in [6, 6.07) is 8.80. The van der Waals surface area contributed by atoms with Crippen molar-refractivity contribution in [1.82, 2.24) is 19.6 Å². The van der Waals surface area contributed by atoms with E-state index >= 15 is 0 Å². The van der Waals surface area contributed by atoms with Crippen LogP contribution in [0.5, 0.6) is 0 Å². The molecule has 2 N–H and O–H groups in total. The van der Waals surface area contributed by atoms with Gasteiger partial charge in [0.25, 0.3) is 0 Å². The predicted octanol–water partition coefficient (Wildman–Crippen LogP) is 4.16. The van der Waals surface area contributed by atoms with Gasteiger partial charge in [0.15, 0.2) is 0 Å². The van der Waals surface area contributed by atoms with E-state index in [1.54, 1.807) is 29.3 Å². The smallest absolute Gasteiger partial charge is 0.410 e. The van der Waals surface area contributed by atoms with Crippen LogP contribution in [0.2, 0.25) is 0 Å². The zero-order chi connectivity index (χ0) is 23.8. The van der Waals surface area contributed by atoms with Crippen LogP contribution in [-0.4, -0.2) is 55.1 Å². The molecule has 1 aromatic carbocycles. The van der Waals surface area contributed by atoms with Gasteiger partial charge in [-0.2, -0.15) is 0 Å². The van der Waals surface area contributed by atoms with Crippen molar-refractivity contribution in [2.45, 2.75) is 37.7 Å². The van der Waals surface area contributed by atoms with Gasteiger partial charge in [0, 0.05) is 42.0 Å². The minimum atomic E-state index is -3.54. The third-order valence-electron chi connectivity index (χ3n) is 5.48. The maximum atomic E-state index is 12.4. The second kappa shape index (κ2) is 8.64.